The van der Waals surface area contributed by atoms with Crippen molar-refractivity contribution in [3.05, 3.63) is 12.3 Å². The monoisotopic (exact) mass is 245 g/mol. The third kappa shape index (κ3) is 2.34. The van der Waals surface area contributed by atoms with Crippen LogP contribution in [0.25, 0.3) is 0 Å². The molecule has 0 aromatic carbocycles. The van der Waals surface area contributed by atoms with Gasteiger partial charge in [0.1, 0.15) is 5.82 Å². The summed E-state index contributed by atoms with van der Waals surface area (Å²) in [5, 5.41) is 7.21. The molecule has 0 spiro atoms. The predicted molar refractivity (Wildman–Crippen MR) is 60.6 cm³/mol. The first-order valence-corrected chi connectivity index (χ1v) is 6.72. The van der Waals surface area contributed by atoms with E-state index >= 15 is 0 Å². The summed E-state index contributed by atoms with van der Waals surface area (Å²) in [6, 6.07) is 1.87. The summed E-state index contributed by atoms with van der Waals surface area (Å²) in [6.07, 6.45) is 1.58. The van der Waals surface area contributed by atoms with Gasteiger partial charge in [0, 0.05) is 25.7 Å². The standard InChI is InChI=1S/C8H15N5O2S/c9-2-4-16(14,15)12-8-1-3-11-13(8)7-5-10-6-7/h1,3,7,10,12H,2,4-6,9H2. The number of anilines is 1. The first-order chi connectivity index (χ1) is 7.62. The third-order valence-electron chi connectivity index (χ3n) is 2.42. The van der Waals surface area contributed by atoms with Crippen molar-refractivity contribution in [3.63, 3.8) is 0 Å². The van der Waals surface area contributed by atoms with Crippen molar-refractivity contribution < 1.29 is 8.42 Å². The number of nitrogens with two attached hydrogens (primary N) is 1. The minimum atomic E-state index is -3.35. The molecule has 0 radical (unpaired) electrons. The van der Waals surface area contributed by atoms with Gasteiger partial charge in [-0.25, -0.2) is 13.1 Å². The fraction of sp³-hybridized carbons (Fsp3) is 0.625. The van der Waals surface area contributed by atoms with Crippen molar-refractivity contribution >= 4 is 15.8 Å². The van der Waals surface area contributed by atoms with E-state index in [4.69, 9.17) is 5.73 Å². The number of nitrogens with zero attached hydrogens (tertiary/aromatic N) is 2. The highest BCUT2D eigenvalue weighted by Crippen LogP contribution is 2.18. The van der Waals surface area contributed by atoms with Gasteiger partial charge in [0.25, 0.3) is 0 Å². The van der Waals surface area contributed by atoms with E-state index in [1.165, 1.54) is 0 Å². The summed E-state index contributed by atoms with van der Waals surface area (Å²) in [4.78, 5) is 0. The van der Waals surface area contributed by atoms with Crippen molar-refractivity contribution in [3.8, 4) is 0 Å². The fourth-order valence-electron chi connectivity index (χ4n) is 1.50. The van der Waals surface area contributed by atoms with Crippen molar-refractivity contribution in [2.75, 3.05) is 30.1 Å². The maximum Gasteiger partial charge on any atom is 0.235 e. The maximum absolute atomic E-state index is 11.5. The van der Waals surface area contributed by atoms with E-state index in [1.807, 2.05) is 0 Å². The molecule has 7 nitrogen and oxygen atoms in total. The molecule has 1 aliphatic rings. The largest absolute Gasteiger partial charge is 0.329 e. The molecule has 8 heteroatoms. The summed E-state index contributed by atoms with van der Waals surface area (Å²) in [7, 11) is -3.35. The molecule has 1 aromatic heterocycles. The van der Waals surface area contributed by atoms with Gasteiger partial charge in [-0.1, -0.05) is 0 Å². The molecule has 0 amide bonds. The zero-order chi connectivity index (χ0) is 11.6. The van der Waals surface area contributed by atoms with E-state index in [9.17, 15) is 8.42 Å². The van der Waals surface area contributed by atoms with Crippen LogP contribution in [-0.2, 0) is 10.0 Å². The molecule has 0 unspecified atom stereocenters. The number of nitrogens with one attached hydrogen (secondary N) is 2. The lowest BCUT2D eigenvalue weighted by molar-refractivity contribution is 0.322. The van der Waals surface area contributed by atoms with Gasteiger partial charge in [0.2, 0.25) is 10.0 Å². The Kier molecular flexibility index (Phi) is 3.13. The van der Waals surface area contributed by atoms with Crippen LogP contribution in [0.3, 0.4) is 0 Å². The van der Waals surface area contributed by atoms with Crippen molar-refractivity contribution in [1.29, 1.82) is 0 Å². The van der Waals surface area contributed by atoms with Gasteiger partial charge in [-0.05, 0) is 0 Å². The Morgan fingerprint density at radius 1 is 1.62 bits per heavy atom. The Morgan fingerprint density at radius 2 is 2.38 bits per heavy atom. The molecule has 1 aliphatic heterocycles. The van der Waals surface area contributed by atoms with Crippen LogP contribution in [0.5, 0.6) is 0 Å². The van der Waals surface area contributed by atoms with Gasteiger partial charge in [-0.3, -0.25) is 4.72 Å². The third-order valence-corrected chi connectivity index (χ3v) is 3.72. The van der Waals surface area contributed by atoms with Gasteiger partial charge in [-0.15, -0.1) is 0 Å². The lowest BCUT2D eigenvalue weighted by Crippen LogP contribution is -2.44. The molecule has 0 saturated carbocycles. The quantitative estimate of drug-likeness (QED) is 0.600. The molecular formula is C8H15N5O2S. The van der Waals surface area contributed by atoms with E-state index in [-0.39, 0.29) is 18.3 Å². The van der Waals surface area contributed by atoms with E-state index < -0.39 is 10.0 Å². The highest BCUT2D eigenvalue weighted by Gasteiger charge is 2.23. The van der Waals surface area contributed by atoms with Gasteiger partial charge < -0.3 is 11.1 Å². The summed E-state index contributed by atoms with van der Waals surface area (Å²) in [5.41, 5.74) is 5.23. The number of hydrogen-bond acceptors (Lipinski definition) is 5. The van der Waals surface area contributed by atoms with Crippen LogP contribution in [0.1, 0.15) is 6.04 Å². The number of hydrogen-bond donors (Lipinski definition) is 3. The number of sulfonamides is 1. The minimum absolute atomic E-state index is 0.0822. The predicted octanol–water partition coefficient (Wildman–Crippen LogP) is -1.27. The molecule has 4 N–H and O–H groups in total. The Bertz CT molecular complexity index is 451. The van der Waals surface area contributed by atoms with Crippen LogP contribution in [0.15, 0.2) is 12.3 Å². The molecule has 2 heterocycles. The lowest BCUT2D eigenvalue weighted by Gasteiger charge is -2.28. The Balaban J connectivity index is 2.12. The molecule has 90 valence electrons. The minimum Gasteiger partial charge on any atom is -0.329 e. The second-order valence-corrected chi connectivity index (χ2v) is 5.52. The number of aromatic nitrogens is 2. The normalized spacial score (nSPS) is 17.1. The molecule has 2 rings (SSSR count). The molecule has 0 atom stereocenters. The molecule has 0 aliphatic carbocycles. The van der Waals surface area contributed by atoms with E-state index in [0.29, 0.717) is 5.82 Å². The molecule has 1 saturated heterocycles. The van der Waals surface area contributed by atoms with E-state index in [2.05, 4.69) is 15.1 Å². The Labute approximate surface area is 94.1 Å². The average Bonchev–Trinajstić information content (AvgIpc) is 2.49. The SMILES string of the molecule is NCCS(=O)(=O)Nc1ccnn1C1CNC1. The Hall–Kier alpha value is -1.12. The zero-order valence-corrected chi connectivity index (χ0v) is 9.57. The summed E-state index contributed by atoms with van der Waals surface area (Å²) in [6.45, 7) is 1.73. The molecule has 1 fully saturated rings. The summed E-state index contributed by atoms with van der Waals surface area (Å²) in [5.74, 6) is 0.418. The molecule has 0 bridgehead atoms. The van der Waals surface area contributed by atoms with E-state index in [1.54, 1.807) is 16.9 Å². The van der Waals surface area contributed by atoms with Crippen LogP contribution >= 0.6 is 0 Å². The Morgan fingerprint density at radius 3 is 2.94 bits per heavy atom. The molecule has 16 heavy (non-hydrogen) atoms. The van der Waals surface area contributed by atoms with Crippen molar-refractivity contribution in [2.45, 2.75) is 6.04 Å². The zero-order valence-electron chi connectivity index (χ0n) is 8.76. The van der Waals surface area contributed by atoms with Crippen LogP contribution < -0.4 is 15.8 Å². The lowest BCUT2D eigenvalue weighted by atomic mass is 10.2. The van der Waals surface area contributed by atoms with Crippen LogP contribution in [0.4, 0.5) is 5.82 Å². The smallest absolute Gasteiger partial charge is 0.235 e. The van der Waals surface area contributed by atoms with Crippen molar-refractivity contribution in [2.24, 2.45) is 5.73 Å². The van der Waals surface area contributed by atoms with Crippen molar-refractivity contribution in [1.82, 2.24) is 15.1 Å². The molecule has 1 aromatic rings. The van der Waals surface area contributed by atoms with Gasteiger partial charge in [-0.2, -0.15) is 5.10 Å². The van der Waals surface area contributed by atoms with Crippen LogP contribution in [-0.4, -0.2) is 43.6 Å². The average molecular weight is 245 g/mol. The first-order valence-electron chi connectivity index (χ1n) is 5.07. The highest BCUT2D eigenvalue weighted by molar-refractivity contribution is 7.92. The van der Waals surface area contributed by atoms with Crippen LogP contribution in [0, 0.1) is 0 Å². The number of rotatable bonds is 5. The fourth-order valence-corrected chi connectivity index (χ4v) is 2.39. The van der Waals surface area contributed by atoms with Gasteiger partial charge >= 0.3 is 0 Å². The highest BCUT2D eigenvalue weighted by atomic mass is 32.2. The van der Waals surface area contributed by atoms with Crippen LogP contribution in [0.2, 0.25) is 0 Å². The topological polar surface area (TPSA) is 102 Å². The second-order valence-electron chi connectivity index (χ2n) is 3.68. The van der Waals surface area contributed by atoms with Gasteiger partial charge in [0.15, 0.2) is 0 Å². The summed E-state index contributed by atoms with van der Waals surface area (Å²) < 4.78 is 27.2. The maximum atomic E-state index is 11.5. The first kappa shape index (κ1) is 11.4. The van der Waals surface area contributed by atoms with Gasteiger partial charge in [0.05, 0.1) is 18.0 Å². The molecular weight excluding hydrogens is 230 g/mol. The van der Waals surface area contributed by atoms with E-state index in [0.717, 1.165) is 13.1 Å². The summed E-state index contributed by atoms with van der Waals surface area (Å²) >= 11 is 0. The second kappa shape index (κ2) is 4.40.